The standard InChI is InChI=1S/C30H35N5O/c1-20(2)24-11-8-23(9-12-24)18-32-30(36)26-6-5-14-34(19-26)29-28-17-27(33-35(28)15-13-31-29)25-10-7-21(3)22(4)16-25/h7-13,15-17,20,26H,5-6,14,18-19H2,1-4H3,(H,32,36)/t26-/m1/s1. The number of nitrogens with one attached hydrogen (secondary N) is 1. The number of hydrogen-bond donors (Lipinski definition) is 1. The minimum atomic E-state index is -0.0575. The Hall–Kier alpha value is -3.67. The van der Waals surface area contributed by atoms with Crippen LogP contribution in [0.15, 0.2) is 60.9 Å². The van der Waals surface area contributed by atoms with E-state index in [-0.39, 0.29) is 11.8 Å². The van der Waals surface area contributed by atoms with E-state index >= 15 is 0 Å². The van der Waals surface area contributed by atoms with Crippen LogP contribution < -0.4 is 10.2 Å². The third-order valence-electron chi connectivity index (χ3n) is 7.38. The number of anilines is 1. The Morgan fingerprint density at radius 1 is 1.08 bits per heavy atom. The van der Waals surface area contributed by atoms with Crippen molar-refractivity contribution >= 4 is 17.2 Å². The molecule has 3 heterocycles. The van der Waals surface area contributed by atoms with Gasteiger partial charge in [-0.15, -0.1) is 0 Å². The van der Waals surface area contributed by atoms with Crippen molar-refractivity contribution in [2.45, 2.75) is 53.0 Å². The fourth-order valence-electron chi connectivity index (χ4n) is 4.93. The van der Waals surface area contributed by atoms with Crippen LogP contribution in [0.25, 0.3) is 16.8 Å². The van der Waals surface area contributed by atoms with Gasteiger partial charge in [-0.3, -0.25) is 4.79 Å². The fraction of sp³-hybridized carbons (Fsp3) is 0.367. The van der Waals surface area contributed by atoms with Crippen molar-refractivity contribution in [3.05, 3.63) is 83.2 Å². The molecular formula is C30H35N5O. The highest BCUT2D eigenvalue weighted by Crippen LogP contribution is 2.29. The Labute approximate surface area is 213 Å². The van der Waals surface area contributed by atoms with E-state index in [1.165, 1.54) is 16.7 Å². The summed E-state index contributed by atoms with van der Waals surface area (Å²) >= 11 is 0. The first-order chi connectivity index (χ1) is 17.4. The van der Waals surface area contributed by atoms with Crippen LogP contribution >= 0.6 is 0 Å². The van der Waals surface area contributed by atoms with Gasteiger partial charge in [0.2, 0.25) is 5.91 Å². The summed E-state index contributed by atoms with van der Waals surface area (Å²) in [5, 5.41) is 7.97. The van der Waals surface area contributed by atoms with E-state index in [4.69, 9.17) is 10.1 Å². The summed E-state index contributed by atoms with van der Waals surface area (Å²) < 4.78 is 1.90. The molecule has 4 aromatic rings. The average Bonchev–Trinajstić information content (AvgIpc) is 3.34. The van der Waals surface area contributed by atoms with Crippen LogP contribution in [0.4, 0.5) is 5.82 Å². The Morgan fingerprint density at radius 3 is 2.64 bits per heavy atom. The molecule has 0 bridgehead atoms. The van der Waals surface area contributed by atoms with Crippen molar-refractivity contribution in [1.29, 1.82) is 0 Å². The number of carbonyl (C=O) groups excluding carboxylic acids is 1. The van der Waals surface area contributed by atoms with Crippen molar-refractivity contribution in [3.63, 3.8) is 0 Å². The molecule has 0 spiro atoms. The molecule has 1 fully saturated rings. The normalized spacial score (nSPS) is 16.0. The van der Waals surface area contributed by atoms with Gasteiger partial charge < -0.3 is 10.2 Å². The van der Waals surface area contributed by atoms with E-state index in [1.807, 2.05) is 10.7 Å². The first-order valence-corrected chi connectivity index (χ1v) is 12.9. The SMILES string of the molecule is Cc1ccc(-c2cc3c(N4CCC[C@@H](C(=O)NCc5ccc(C(C)C)cc5)C4)nccn3n2)cc1C. The number of rotatable bonds is 6. The number of amides is 1. The van der Waals surface area contributed by atoms with Gasteiger partial charge in [-0.25, -0.2) is 9.50 Å². The van der Waals surface area contributed by atoms with E-state index in [2.05, 4.69) is 86.4 Å². The van der Waals surface area contributed by atoms with Crippen LogP contribution in [0, 0.1) is 19.8 Å². The number of benzene rings is 2. The van der Waals surface area contributed by atoms with Crippen molar-refractivity contribution in [1.82, 2.24) is 19.9 Å². The second-order valence-electron chi connectivity index (χ2n) is 10.3. The smallest absolute Gasteiger partial charge is 0.225 e. The summed E-state index contributed by atoms with van der Waals surface area (Å²) in [6.07, 6.45) is 5.54. The van der Waals surface area contributed by atoms with E-state index in [1.54, 1.807) is 6.20 Å². The maximum Gasteiger partial charge on any atom is 0.225 e. The largest absolute Gasteiger partial charge is 0.354 e. The zero-order valence-corrected chi connectivity index (χ0v) is 21.7. The average molecular weight is 482 g/mol. The van der Waals surface area contributed by atoms with Gasteiger partial charge >= 0.3 is 0 Å². The quantitative estimate of drug-likeness (QED) is 0.385. The number of aryl methyl sites for hydroxylation is 2. The molecule has 1 saturated heterocycles. The topological polar surface area (TPSA) is 62.5 Å². The number of fused-ring (bicyclic) bond motifs is 1. The monoisotopic (exact) mass is 481 g/mol. The zero-order valence-electron chi connectivity index (χ0n) is 21.7. The van der Waals surface area contributed by atoms with E-state index in [9.17, 15) is 4.79 Å². The maximum absolute atomic E-state index is 13.1. The van der Waals surface area contributed by atoms with Crippen LogP contribution in [0.2, 0.25) is 0 Å². The number of hydrogen-bond acceptors (Lipinski definition) is 4. The van der Waals surface area contributed by atoms with Crippen molar-refractivity contribution in [2.24, 2.45) is 5.92 Å². The molecule has 1 atom stereocenters. The molecular weight excluding hydrogens is 446 g/mol. The zero-order chi connectivity index (χ0) is 25.2. The van der Waals surface area contributed by atoms with Crippen LogP contribution in [0.5, 0.6) is 0 Å². The minimum Gasteiger partial charge on any atom is -0.354 e. The third-order valence-corrected chi connectivity index (χ3v) is 7.38. The van der Waals surface area contributed by atoms with Gasteiger partial charge in [0.1, 0.15) is 5.52 Å². The molecule has 1 N–H and O–H groups in total. The molecule has 6 heteroatoms. The highest BCUT2D eigenvalue weighted by Gasteiger charge is 2.27. The first kappa shape index (κ1) is 24.0. The summed E-state index contributed by atoms with van der Waals surface area (Å²) in [6, 6.07) is 17.1. The van der Waals surface area contributed by atoms with Crippen LogP contribution in [0.1, 0.15) is 54.9 Å². The van der Waals surface area contributed by atoms with E-state index in [0.29, 0.717) is 19.0 Å². The van der Waals surface area contributed by atoms with Crippen LogP contribution in [0.3, 0.4) is 0 Å². The minimum absolute atomic E-state index is 0.0575. The summed E-state index contributed by atoms with van der Waals surface area (Å²) in [7, 11) is 0. The lowest BCUT2D eigenvalue weighted by molar-refractivity contribution is -0.125. The molecule has 6 nitrogen and oxygen atoms in total. The predicted molar refractivity (Wildman–Crippen MR) is 145 cm³/mol. The Kier molecular flexibility index (Phi) is 6.77. The summed E-state index contributed by atoms with van der Waals surface area (Å²) in [6.45, 7) is 10.7. The molecule has 5 rings (SSSR count). The summed E-state index contributed by atoms with van der Waals surface area (Å²) in [4.78, 5) is 20.0. The molecule has 2 aromatic carbocycles. The van der Waals surface area contributed by atoms with Crippen LogP contribution in [-0.4, -0.2) is 33.6 Å². The lowest BCUT2D eigenvalue weighted by Gasteiger charge is -2.33. The maximum atomic E-state index is 13.1. The lowest BCUT2D eigenvalue weighted by Crippen LogP contribution is -2.43. The molecule has 0 aliphatic carbocycles. The van der Waals surface area contributed by atoms with Crippen molar-refractivity contribution in [2.75, 3.05) is 18.0 Å². The van der Waals surface area contributed by atoms with Gasteiger partial charge in [0.15, 0.2) is 5.82 Å². The molecule has 1 aliphatic rings. The fourth-order valence-corrected chi connectivity index (χ4v) is 4.93. The van der Waals surface area contributed by atoms with Gasteiger partial charge in [-0.2, -0.15) is 5.10 Å². The summed E-state index contributed by atoms with van der Waals surface area (Å²) in [5.74, 6) is 1.46. The Balaban J connectivity index is 1.30. The Morgan fingerprint density at radius 2 is 1.89 bits per heavy atom. The molecule has 0 unspecified atom stereocenters. The van der Waals surface area contributed by atoms with Gasteiger partial charge in [-0.1, -0.05) is 50.2 Å². The third kappa shape index (κ3) is 4.99. The Bertz CT molecular complexity index is 1370. The summed E-state index contributed by atoms with van der Waals surface area (Å²) in [5.41, 5.74) is 7.98. The number of nitrogens with zero attached hydrogens (tertiary/aromatic N) is 4. The molecule has 2 aromatic heterocycles. The van der Waals surface area contributed by atoms with Crippen molar-refractivity contribution in [3.8, 4) is 11.3 Å². The van der Waals surface area contributed by atoms with Crippen molar-refractivity contribution < 1.29 is 4.79 Å². The van der Waals surface area contributed by atoms with Crippen LogP contribution in [-0.2, 0) is 11.3 Å². The molecule has 186 valence electrons. The van der Waals surface area contributed by atoms with Gasteiger partial charge in [0.25, 0.3) is 0 Å². The van der Waals surface area contributed by atoms with Gasteiger partial charge in [-0.05, 0) is 67.0 Å². The number of aromatic nitrogens is 3. The van der Waals surface area contributed by atoms with E-state index < -0.39 is 0 Å². The molecule has 36 heavy (non-hydrogen) atoms. The molecule has 0 radical (unpaired) electrons. The second-order valence-corrected chi connectivity index (χ2v) is 10.3. The lowest BCUT2D eigenvalue weighted by atomic mass is 9.96. The van der Waals surface area contributed by atoms with Gasteiger partial charge in [0.05, 0.1) is 11.6 Å². The van der Waals surface area contributed by atoms with Gasteiger partial charge in [0, 0.05) is 37.6 Å². The second kappa shape index (κ2) is 10.1. The highest BCUT2D eigenvalue weighted by atomic mass is 16.1. The first-order valence-electron chi connectivity index (χ1n) is 12.9. The number of piperidine rings is 1. The molecule has 1 aliphatic heterocycles. The number of carbonyl (C=O) groups is 1. The molecule has 1 amide bonds. The molecule has 0 saturated carbocycles. The van der Waals surface area contributed by atoms with E-state index in [0.717, 1.165) is 47.5 Å². The highest BCUT2D eigenvalue weighted by molar-refractivity contribution is 5.81. The predicted octanol–water partition coefficient (Wildman–Crippen LogP) is 5.67.